The zero-order valence-corrected chi connectivity index (χ0v) is 12.4. The van der Waals surface area contributed by atoms with Crippen LogP contribution in [0.1, 0.15) is 24.2 Å². The molecule has 0 aliphatic carbocycles. The van der Waals surface area contributed by atoms with Gasteiger partial charge >= 0.3 is 13.2 Å². The zero-order valence-electron chi connectivity index (χ0n) is 12.4. The van der Waals surface area contributed by atoms with Crippen LogP contribution < -0.4 is 9.47 Å². The Morgan fingerprint density at radius 2 is 1.39 bits per heavy atom. The lowest BCUT2D eigenvalue weighted by molar-refractivity contribution is -0.0690. The van der Waals surface area contributed by atoms with E-state index in [4.69, 9.17) is 0 Å². The molecule has 0 N–H and O–H groups in total. The molecule has 3 nitrogen and oxygen atoms in total. The molecule has 0 saturated heterocycles. The fraction of sp³-hybridized carbons (Fsp3) is 0.312. The van der Waals surface area contributed by atoms with Crippen LogP contribution in [0, 0.1) is 5.92 Å². The van der Waals surface area contributed by atoms with Gasteiger partial charge in [0.1, 0.15) is 0 Å². The second-order valence-electron chi connectivity index (χ2n) is 5.14. The smallest absolute Gasteiger partial charge is 0.387 e. The number of benzene rings is 2. The Balaban J connectivity index is 2.52. The predicted molar refractivity (Wildman–Crippen MR) is 76.4 cm³/mol. The summed E-state index contributed by atoms with van der Waals surface area (Å²) in [5.41, 5.74) is 0.401. The van der Waals surface area contributed by atoms with Crippen LogP contribution in [-0.2, 0) is 0 Å². The second kappa shape index (κ2) is 6.85. The monoisotopic (exact) mass is 330 g/mol. The van der Waals surface area contributed by atoms with Crippen molar-refractivity contribution >= 4 is 16.6 Å². The molecule has 0 saturated carbocycles. The summed E-state index contributed by atoms with van der Waals surface area (Å²) in [5.74, 6) is -1.35. The van der Waals surface area contributed by atoms with Crippen LogP contribution in [0.15, 0.2) is 30.3 Å². The molecule has 0 radical (unpaired) electrons. The molecule has 0 aromatic heterocycles. The first-order chi connectivity index (χ1) is 10.8. The molecule has 0 atom stereocenters. The molecule has 0 fully saturated rings. The van der Waals surface area contributed by atoms with Gasteiger partial charge in [-0.1, -0.05) is 26.0 Å². The molecular formula is C16H14F4O3. The molecule has 0 heterocycles. The average Bonchev–Trinajstić information content (AvgIpc) is 2.45. The van der Waals surface area contributed by atoms with Gasteiger partial charge in [-0.3, -0.25) is 4.79 Å². The summed E-state index contributed by atoms with van der Waals surface area (Å²) in [6.07, 6.45) is 0. The van der Waals surface area contributed by atoms with Crippen molar-refractivity contribution in [1.82, 2.24) is 0 Å². The lowest BCUT2D eigenvalue weighted by atomic mass is 9.98. The highest BCUT2D eigenvalue weighted by atomic mass is 19.3. The maximum absolute atomic E-state index is 12.4. The third kappa shape index (κ3) is 4.12. The van der Waals surface area contributed by atoms with E-state index in [1.165, 1.54) is 18.2 Å². The number of carbonyl (C=O) groups is 1. The third-order valence-electron chi connectivity index (χ3n) is 3.14. The van der Waals surface area contributed by atoms with Gasteiger partial charge in [0.05, 0.1) is 0 Å². The van der Waals surface area contributed by atoms with Crippen LogP contribution in [0.2, 0.25) is 0 Å². The Hall–Kier alpha value is -2.31. The van der Waals surface area contributed by atoms with E-state index < -0.39 is 24.7 Å². The average molecular weight is 330 g/mol. The summed E-state index contributed by atoms with van der Waals surface area (Å²) in [5, 5.41) is 0.872. The Kier molecular flexibility index (Phi) is 5.08. The van der Waals surface area contributed by atoms with E-state index in [1.54, 1.807) is 19.9 Å². The van der Waals surface area contributed by atoms with Crippen LogP contribution in [0.25, 0.3) is 10.8 Å². The highest BCUT2D eigenvalue weighted by molar-refractivity contribution is 6.01. The van der Waals surface area contributed by atoms with Gasteiger partial charge in [0, 0.05) is 11.5 Å². The minimum atomic E-state index is -3.19. The van der Waals surface area contributed by atoms with Crippen LogP contribution in [0.4, 0.5) is 17.6 Å². The van der Waals surface area contributed by atoms with Gasteiger partial charge in [0.2, 0.25) is 0 Å². The number of hydrogen-bond acceptors (Lipinski definition) is 3. The molecule has 0 aliphatic rings. The van der Waals surface area contributed by atoms with Crippen molar-refractivity contribution in [2.24, 2.45) is 5.92 Å². The number of ketones is 1. The summed E-state index contributed by atoms with van der Waals surface area (Å²) >= 11 is 0. The van der Waals surface area contributed by atoms with Gasteiger partial charge in [-0.2, -0.15) is 17.6 Å². The first-order valence-corrected chi connectivity index (χ1v) is 6.79. The molecule has 2 aromatic rings. The van der Waals surface area contributed by atoms with Crippen molar-refractivity contribution in [2.45, 2.75) is 27.1 Å². The first kappa shape index (κ1) is 17.1. The lowest BCUT2D eigenvalue weighted by Gasteiger charge is -2.13. The molecular weight excluding hydrogens is 316 g/mol. The summed E-state index contributed by atoms with van der Waals surface area (Å²) in [6, 6.07) is 6.90. The second-order valence-corrected chi connectivity index (χ2v) is 5.14. The van der Waals surface area contributed by atoms with E-state index >= 15 is 0 Å². The van der Waals surface area contributed by atoms with Gasteiger partial charge in [0.15, 0.2) is 17.3 Å². The van der Waals surface area contributed by atoms with Crippen molar-refractivity contribution in [1.29, 1.82) is 0 Å². The van der Waals surface area contributed by atoms with E-state index in [9.17, 15) is 22.4 Å². The van der Waals surface area contributed by atoms with Gasteiger partial charge in [-0.05, 0) is 29.0 Å². The van der Waals surface area contributed by atoms with E-state index in [2.05, 4.69) is 9.47 Å². The Morgan fingerprint density at radius 3 is 1.87 bits per heavy atom. The number of hydrogen-bond donors (Lipinski definition) is 0. The lowest BCUT2D eigenvalue weighted by Crippen LogP contribution is -2.08. The van der Waals surface area contributed by atoms with Crippen LogP contribution in [0.3, 0.4) is 0 Å². The van der Waals surface area contributed by atoms with Crippen molar-refractivity contribution < 1.29 is 31.8 Å². The number of alkyl halides is 4. The standard InChI is InChI=1S/C16H14F4O3/c1-8(2)14(21)10-4-3-9-6-12(22-15(17)18)13(23-16(19)20)7-11(9)5-10/h3-8,15-16H,1-2H3. The normalized spacial score (nSPS) is 11.5. The third-order valence-corrected chi connectivity index (χ3v) is 3.14. The van der Waals surface area contributed by atoms with Crippen molar-refractivity contribution in [3.05, 3.63) is 35.9 Å². The van der Waals surface area contributed by atoms with E-state index in [0.717, 1.165) is 6.07 Å². The topological polar surface area (TPSA) is 35.5 Å². The summed E-state index contributed by atoms with van der Waals surface area (Å²) in [6.45, 7) is -2.89. The van der Waals surface area contributed by atoms with Gasteiger partial charge in [0.25, 0.3) is 0 Å². The van der Waals surface area contributed by atoms with Gasteiger partial charge < -0.3 is 9.47 Å². The molecule has 124 valence electrons. The van der Waals surface area contributed by atoms with Gasteiger partial charge in [-0.25, -0.2) is 0 Å². The predicted octanol–water partition coefficient (Wildman–Crippen LogP) is 4.88. The number of fused-ring (bicyclic) bond motifs is 1. The number of Topliss-reactive ketones (excluding diaryl/α,β-unsaturated/α-hetero) is 1. The maximum Gasteiger partial charge on any atom is 0.387 e. The summed E-state index contributed by atoms with van der Waals surface area (Å²) < 4.78 is 58.1. The van der Waals surface area contributed by atoms with E-state index in [1.807, 2.05) is 0 Å². The molecule has 0 bridgehead atoms. The highest BCUT2D eigenvalue weighted by Crippen LogP contribution is 2.35. The molecule has 0 spiro atoms. The SMILES string of the molecule is CC(C)C(=O)c1ccc2cc(OC(F)F)c(OC(F)F)cc2c1. The van der Waals surface area contributed by atoms with Crippen molar-refractivity contribution in [3.63, 3.8) is 0 Å². The molecule has 0 unspecified atom stereocenters. The number of halogens is 4. The van der Waals surface area contributed by atoms with Gasteiger partial charge in [-0.15, -0.1) is 0 Å². The van der Waals surface area contributed by atoms with E-state index in [-0.39, 0.29) is 11.7 Å². The Morgan fingerprint density at radius 1 is 0.870 bits per heavy atom. The van der Waals surface area contributed by atoms with Crippen molar-refractivity contribution in [2.75, 3.05) is 0 Å². The van der Waals surface area contributed by atoms with Crippen LogP contribution >= 0.6 is 0 Å². The highest BCUT2D eigenvalue weighted by Gasteiger charge is 2.17. The molecule has 23 heavy (non-hydrogen) atoms. The fourth-order valence-corrected chi connectivity index (χ4v) is 2.12. The largest absolute Gasteiger partial charge is 0.431 e. The molecule has 0 aliphatic heterocycles. The number of rotatable bonds is 6. The van der Waals surface area contributed by atoms with E-state index in [0.29, 0.717) is 16.3 Å². The Bertz CT molecular complexity index is 714. The quantitative estimate of drug-likeness (QED) is 0.559. The maximum atomic E-state index is 12.4. The van der Waals surface area contributed by atoms with Crippen LogP contribution in [-0.4, -0.2) is 19.0 Å². The van der Waals surface area contributed by atoms with Crippen LogP contribution in [0.5, 0.6) is 11.5 Å². The number of carbonyl (C=O) groups excluding carboxylic acids is 1. The first-order valence-electron chi connectivity index (χ1n) is 6.79. The summed E-state index contributed by atoms with van der Waals surface area (Å²) in [7, 11) is 0. The zero-order chi connectivity index (χ0) is 17.1. The molecule has 0 amide bonds. The number of ether oxygens (including phenoxy) is 2. The Labute approximate surface area is 129 Å². The molecule has 7 heteroatoms. The fourth-order valence-electron chi connectivity index (χ4n) is 2.12. The van der Waals surface area contributed by atoms with Crippen molar-refractivity contribution in [3.8, 4) is 11.5 Å². The minimum Gasteiger partial charge on any atom is -0.431 e. The minimum absolute atomic E-state index is 0.115. The summed E-state index contributed by atoms with van der Waals surface area (Å²) in [4.78, 5) is 12.0. The molecule has 2 aromatic carbocycles. The molecule has 2 rings (SSSR count).